The predicted molar refractivity (Wildman–Crippen MR) is 66.1 cm³/mol. The van der Waals surface area contributed by atoms with E-state index >= 15 is 0 Å². The van der Waals surface area contributed by atoms with Gasteiger partial charge in [0.25, 0.3) is 0 Å². The van der Waals surface area contributed by atoms with E-state index < -0.39 is 42.3 Å². The van der Waals surface area contributed by atoms with Crippen molar-refractivity contribution in [1.82, 2.24) is 4.90 Å². The van der Waals surface area contributed by atoms with Gasteiger partial charge >= 0.3 is 6.18 Å². The van der Waals surface area contributed by atoms with E-state index in [1.807, 2.05) is 0 Å². The maximum absolute atomic E-state index is 12.2. The second-order valence-corrected chi connectivity index (χ2v) is 5.72. The molecule has 0 spiro atoms. The van der Waals surface area contributed by atoms with Gasteiger partial charge in [-0.3, -0.25) is 4.79 Å². The van der Waals surface area contributed by atoms with E-state index in [1.54, 1.807) is 32.9 Å². The van der Waals surface area contributed by atoms with Crippen LogP contribution in [-0.4, -0.2) is 29.6 Å². The molecule has 0 aliphatic rings. The van der Waals surface area contributed by atoms with Crippen LogP contribution in [0, 0.1) is 28.1 Å². The van der Waals surface area contributed by atoms with Crippen LogP contribution in [0.3, 0.4) is 0 Å². The highest BCUT2D eigenvalue weighted by Gasteiger charge is 2.40. The topological polar surface area (TPSA) is 67.9 Å². The molecule has 0 aliphatic heterocycles. The number of hydrogen-bond donors (Lipinski definition) is 0. The Bertz CT molecular complexity index is 424. The Balaban J connectivity index is 5.02. The van der Waals surface area contributed by atoms with Crippen molar-refractivity contribution in [3.8, 4) is 12.1 Å². The lowest BCUT2D eigenvalue weighted by Crippen LogP contribution is -2.44. The van der Waals surface area contributed by atoms with Gasteiger partial charge in [-0.2, -0.15) is 23.7 Å². The van der Waals surface area contributed by atoms with Crippen LogP contribution in [0.1, 0.15) is 40.0 Å². The van der Waals surface area contributed by atoms with E-state index in [2.05, 4.69) is 0 Å². The summed E-state index contributed by atoms with van der Waals surface area (Å²) in [5, 5.41) is 18.0. The Hall–Kier alpha value is -1.76. The molecule has 0 heterocycles. The summed E-state index contributed by atoms with van der Waals surface area (Å²) < 4.78 is 36.7. The van der Waals surface area contributed by atoms with Gasteiger partial charge in [-0.25, -0.2) is 0 Å². The van der Waals surface area contributed by atoms with Crippen molar-refractivity contribution in [3.05, 3.63) is 0 Å². The Morgan fingerprint density at radius 3 is 1.85 bits per heavy atom. The van der Waals surface area contributed by atoms with Crippen LogP contribution in [0.4, 0.5) is 13.2 Å². The lowest BCUT2D eigenvalue weighted by molar-refractivity contribution is -0.142. The van der Waals surface area contributed by atoms with Crippen molar-refractivity contribution in [2.24, 2.45) is 5.41 Å². The summed E-state index contributed by atoms with van der Waals surface area (Å²) >= 11 is 0. The molecule has 0 aromatic carbocycles. The van der Waals surface area contributed by atoms with Crippen LogP contribution < -0.4 is 0 Å². The number of nitrogens with zero attached hydrogens (tertiary/aromatic N) is 3. The Morgan fingerprint density at radius 1 is 1.10 bits per heavy atom. The molecule has 0 fully saturated rings. The molecule has 1 amide bonds. The van der Waals surface area contributed by atoms with E-state index in [9.17, 15) is 18.0 Å². The lowest BCUT2D eigenvalue weighted by Gasteiger charge is -2.33. The molecule has 0 saturated carbocycles. The van der Waals surface area contributed by atoms with Crippen molar-refractivity contribution < 1.29 is 18.0 Å². The van der Waals surface area contributed by atoms with Gasteiger partial charge < -0.3 is 4.90 Å². The molecule has 0 aromatic heterocycles. The quantitative estimate of drug-likeness (QED) is 0.799. The van der Waals surface area contributed by atoms with Gasteiger partial charge in [0.15, 0.2) is 5.41 Å². The number of halogens is 3. The number of nitriles is 2. The van der Waals surface area contributed by atoms with Crippen molar-refractivity contribution >= 4 is 5.91 Å². The number of carbonyl (C=O) groups excluding carboxylic acids is 1. The molecule has 7 heteroatoms. The van der Waals surface area contributed by atoms with E-state index in [0.29, 0.717) is 0 Å². The number of amides is 1. The van der Waals surface area contributed by atoms with Crippen LogP contribution in [0.5, 0.6) is 0 Å². The summed E-state index contributed by atoms with van der Waals surface area (Å²) in [6.07, 6.45) is -6.96. The first-order chi connectivity index (χ1) is 8.87. The first kappa shape index (κ1) is 18.2. The van der Waals surface area contributed by atoms with Crippen LogP contribution in [-0.2, 0) is 4.79 Å². The molecule has 0 N–H and O–H groups in total. The van der Waals surface area contributed by atoms with E-state index in [1.165, 1.54) is 11.9 Å². The number of hydrogen-bond acceptors (Lipinski definition) is 3. The summed E-state index contributed by atoms with van der Waals surface area (Å²) in [6, 6.07) is 3.13. The molecule has 0 rings (SSSR count). The van der Waals surface area contributed by atoms with Crippen LogP contribution in [0.25, 0.3) is 0 Å². The summed E-state index contributed by atoms with van der Waals surface area (Å²) in [7, 11) is 1.49. The molecule has 0 saturated heterocycles. The third kappa shape index (κ3) is 5.48. The molecule has 4 nitrogen and oxygen atoms in total. The van der Waals surface area contributed by atoms with Gasteiger partial charge in [-0.1, -0.05) is 0 Å². The fourth-order valence-electron chi connectivity index (χ4n) is 1.41. The zero-order valence-electron chi connectivity index (χ0n) is 12.0. The average molecular weight is 289 g/mol. The third-order valence-electron chi connectivity index (χ3n) is 3.10. The summed E-state index contributed by atoms with van der Waals surface area (Å²) in [5.41, 5.74) is -2.47. The zero-order valence-corrected chi connectivity index (χ0v) is 12.0. The molecule has 0 unspecified atom stereocenters. The van der Waals surface area contributed by atoms with Gasteiger partial charge in [0.1, 0.15) is 0 Å². The molecule has 0 bridgehead atoms. The normalized spacial score (nSPS) is 12.4. The molecular weight excluding hydrogens is 271 g/mol. The highest BCUT2D eigenvalue weighted by Crippen LogP contribution is 2.33. The zero-order chi connectivity index (χ0) is 16.2. The van der Waals surface area contributed by atoms with Crippen LogP contribution in [0.15, 0.2) is 0 Å². The molecular formula is C13H18F3N3O. The summed E-state index contributed by atoms with van der Waals surface area (Å²) in [5.74, 6) is -0.525. The lowest BCUT2D eigenvalue weighted by atomic mass is 9.82. The first-order valence-corrected chi connectivity index (χ1v) is 6.03. The smallest absolute Gasteiger partial charge is 0.341 e. The number of carbonyl (C=O) groups is 1. The van der Waals surface area contributed by atoms with Gasteiger partial charge in [0.2, 0.25) is 5.91 Å². The van der Waals surface area contributed by atoms with Crippen LogP contribution >= 0.6 is 0 Å². The molecule has 112 valence electrons. The van der Waals surface area contributed by atoms with Crippen molar-refractivity contribution in [3.63, 3.8) is 0 Å². The molecule has 0 aliphatic carbocycles. The second-order valence-electron chi connectivity index (χ2n) is 5.72. The third-order valence-corrected chi connectivity index (χ3v) is 3.10. The van der Waals surface area contributed by atoms with E-state index in [-0.39, 0.29) is 0 Å². The van der Waals surface area contributed by atoms with Gasteiger partial charge in [-0.05, 0) is 27.2 Å². The van der Waals surface area contributed by atoms with E-state index in [0.717, 1.165) is 0 Å². The van der Waals surface area contributed by atoms with Crippen LogP contribution in [0.2, 0.25) is 0 Å². The monoisotopic (exact) mass is 289 g/mol. The fourth-order valence-corrected chi connectivity index (χ4v) is 1.41. The van der Waals surface area contributed by atoms with Gasteiger partial charge in [0.05, 0.1) is 18.6 Å². The summed E-state index contributed by atoms with van der Waals surface area (Å²) in [4.78, 5) is 13.3. The highest BCUT2D eigenvalue weighted by molar-refractivity contribution is 5.78. The molecule has 0 atom stereocenters. The minimum absolute atomic E-state index is 0.525. The highest BCUT2D eigenvalue weighted by atomic mass is 19.4. The number of rotatable bonds is 4. The predicted octanol–water partition coefficient (Wildman–Crippen LogP) is 3.01. The SMILES string of the molecule is CN(C(=O)CC(C#N)(C#N)CCC(F)(F)F)C(C)(C)C. The minimum Gasteiger partial charge on any atom is -0.341 e. The van der Waals surface area contributed by atoms with Crippen molar-refractivity contribution in [2.45, 2.75) is 51.7 Å². The van der Waals surface area contributed by atoms with E-state index in [4.69, 9.17) is 10.5 Å². The fraction of sp³-hybridized carbons (Fsp3) is 0.769. The molecule has 0 radical (unpaired) electrons. The van der Waals surface area contributed by atoms with Gasteiger partial charge in [-0.15, -0.1) is 0 Å². The molecule has 0 aromatic rings. The second kappa shape index (κ2) is 6.13. The minimum atomic E-state index is -4.46. The van der Waals surface area contributed by atoms with Crippen molar-refractivity contribution in [1.29, 1.82) is 10.5 Å². The average Bonchev–Trinajstić information content (AvgIpc) is 2.31. The maximum atomic E-state index is 12.2. The Morgan fingerprint density at radius 2 is 1.55 bits per heavy atom. The van der Waals surface area contributed by atoms with Gasteiger partial charge in [0, 0.05) is 19.0 Å². The standard InChI is InChI=1S/C13H18F3N3O/c1-11(2,3)19(4)10(20)7-12(8-17,9-18)5-6-13(14,15)16/h5-7H2,1-4H3. The Kier molecular flexibility index (Phi) is 5.59. The Labute approximate surface area is 116 Å². The number of alkyl halides is 3. The first-order valence-electron chi connectivity index (χ1n) is 6.03. The summed E-state index contributed by atoms with van der Waals surface area (Å²) in [6.45, 7) is 5.25. The molecule has 20 heavy (non-hydrogen) atoms. The maximum Gasteiger partial charge on any atom is 0.389 e. The van der Waals surface area contributed by atoms with Crippen molar-refractivity contribution in [2.75, 3.05) is 7.05 Å². The largest absolute Gasteiger partial charge is 0.389 e.